The number of fused-ring (bicyclic) bond motifs is 1. The average molecular weight is 269 g/mol. The van der Waals surface area contributed by atoms with Gasteiger partial charge in [0.2, 0.25) is 0 Å². The number of aromatic nitrogens is 4. The molecule has 0 saturated carbocycles. The van der Waals surface area contributed by atoms with Crippen molar-refractivity contribution in [2.75, 3.05) is 0 Å². The Morgan fingerprint density at radius 3 is 2.90 bits per heavy atom. The Kier molecular flexibility index (Phi) is 3.52. The molecule has 3 rings (SSSR count). The van der Waals surface area contributed by atoms with E-state index in [0.29, 0.717) is 0 Å². The van der Waals surface area contributed by atoms with Gasteiger partial charge in [0.15, 0.2) is 0 Å². The van der Waals surface area contributed by atoms with E-state index < -0.39 is 0 Å². The second kappa shape index (κ2) is 5.46. The van der Waals surface area contributed by atoms with Gasteiger partial charge in [0.25, 0.3) is 0 Å². The first-order valence-corrected chi connectivity index (χ1v) is 6.91. The topological polar surface area (TPSA) is 47.2 Å². The van der Waals surface area contributed by atoms with Gasteiger partial charge in [-0.1, -0.05) is 13.0 Å². The summed E-state index contributed by atoms with van der Waals surface area (Å²) in [5, 5.41) is 7.88. The summed E-state index contributed by atoms with van der Waals surface area (Å²) in [4.78, 5) is 4.57. The van der Waals surface area contributed by atoms with Crippen LogP contribution in [0.5, 0.6) is 0 Å². The fourth-order valence-corrected chi connectivity index (χ4v) is 2.43. The van der Waals surface area contributed by atoms with Crippen LogP contribution in [0.15, 0.2) is 36.8 Å². The number of aryl methyl sites for hydroxylation is 2. The largest absolute Gasteiger partial charge is 0.307 e. The number of rotatable bonds is 5. The second-order valence-corrected chi connectivity index (χ2v) is 4.93. The van der Waals surface area contributed by atoms with Gasteiger partial charge in [-0.2, -0.15) is 5.10 Å². The van der Waals surface area contributed by atoms with E-state index in [4.69, 9.17) is 0 Å². The Labute approximate surface area is 118 Å². The first-order valence-electron chi connectivity index (χ1n) is 6.91. The van der Waals surface area contributed by atoms with E-state index in [9.17, 15) is 0 Å². The lowest BCUT2D eigenvalue weighted by Gasteiger charge is -2.01. The third kappa shape index (κ3) is 2.58. The summed E-state index contributed by atoms with van der Waals surface area (Å²) < 4.78 is 3.92. The lowest BCUT2D eigenvalue weighted by atomic mass is 10.2. The zero-order valence-corrected chi connectivity index (χ0v) is 11.9. The quantitative estimate of drug-likeness (QED) is 0.770. The highest BCUT2D eigenvalue weighted by Gasteiger charge is 2.06. The molecule has 5 heteroatoms. The molecule has 3 heterocycles. The Morgan fingerprint density at radius 2 is 2.10 bits per heavy atom. The summed E-state index contributed by atoms with van der Waals surface area (Å²) in [6, 6.07) is 6.03. The van der Waals surface area contributed by atoms with Crippen LogP contribution >= 0.6 is 0 Å². The molecule has 0 unspecified atom stereocenters. The van der Waals surface area contributed by atoms with E-state index in [1.165, 1.54) is 5.56 Å². The van der Waals surface area contributed by atoms with Crippen molar-refractivity contribution >= 4 is 5.65 Å². The summed E-state index contributed by atoms with van der Waals surface area (Å²) in [5.41, 5.74) is 4.46. The van der Waals surface area contributed by atoms with E-state index in [1.807, 2.05) is 40.5 Å². The molecule has 0 amide bonds. The number of imidazole rings is 1. The third-order valence-electron chi connectivity index (χ3n) is 3.36. The number of nitrogens with zero attached hydrogens (tertiary/aromatic N) is 4. The summed E-state index contributed by atoms with van der Waals surface area (Å²) in [5.74, 6) is 0. The van der Waals surface area contributed by atoms with Crippen LogP contribution in [0.1, 0.15) is 23.9 Å². The van der Waals surface area contributed by atoms with E-state index in [0.717, 1.165) is 36.5 Å². The molecule has 0 bridgehead atoms. The highest BCUT2D eigenvalue weighted by Crippen LogP contribution is 2.08. The summed E-state index contributed by atoms with van der Waals surface area (Å²) in [6.45, 7) is 3.72. The van der Waals surface area contributed by atoms with Crippen molar-refractivity contribution < 1.29 is 0 Å². The van der Waals surface area contributed by atoms with Crippen LogP contribution in [0.25, 0.3) is 5.65 Å². The fraction of sp³-hybridized carbons (Fsp3) is 0.333. The van der Waals surface area contributed by atoms with Gasteiger partial charge in [-0.25, -0.2) is 4.98 Å². The zero-order chi connectivity index (χ0) is 13.9. The Hall–Kier alpha value is -2.14. The molecule has 20 heavy (non-hydrogen) atoms. The Morgan fingerprint density at radius 1 is 1.20 bits per heavy atom. The van der Waals surface area contributed by atoms with Crippen molar-refractivity contribution in [2.24, 2.45) is 7.05 Å². The van der Waals surface area contributed by atoms with Gasteiger partial charge in [-0.3, -0.25) is 4.68 Å². The molecular formula is C15H19N5. The highest BCUT2D eigenvalue weighted by molar-refractivity contribution is 5.39. The molecule has 0 aliphatic rings. The van der Waals surface area contributed by atoms with Crippen LogP contribution in [-0.4, -0.2) is 19.2 Å². The van der Waals surface area contributed by atoms with Crippen molar-refractivity contribution in [1.29, 1.82) is 0 Å². The molecule has 3 aromatic rings. The molecule has 0 spiro atoms. The maximum atomic E-state index is 4.57. The van der Waals surface area contributed by atoms with E-state index in [1.54, 1.807) is 0 Å². The summed E-state index contributed by atoms with van der Waals surface area (Å²) in [6.07, 6.45) is 7.12. The van der Waals surface area contributed by atoms with Crippen LogP contribution in [0, 0.1) is 0 Å². The summed E-state index contributed by atoms with van der Waals surface area (Å²) in [7, 11) is 1.96. The minimum Gasteiger partial charge on any atom is -0.307 e. The normalized spacial score (nSPS) is 11.3. The van der Waals surface area contributed by atoms with Gasteiger partial charge in [0, 0.05) is 44.3 Å². The van der Waals surface area contributed by atoms with Crippen LogP contribution < -0.4 is 5.32 Å². The van der Waals surface area contributed by atoms with Gasteiger partial charge in [-0.05, 0) is 18.6 Å². The first-order chi connectivity index (χ1) is 9.76. The van der Waals surface area contributed by atoms with Gasteiger partial charge in [0.1, 0.15) is 5.65 Å². The Balaban J connectivity index is 1.64. The minimum atomic E-state index is 0.764. The van der Waals surface area contributed by atoms with Gasteiger partial charge >= 0.3 is 0 Å². The number of hydrogen-bond acceptors (Lipinski definition) is 3. The first kappa shape index (κ1) is 12.9. The monoisotopic (exact) mass is 269 g/mol. The fourth-order valence-electron chi connectivity index (χ4n) is 2.43. The molecule has 3 aromatic heterocycles. The van der Waals surface area contributed by atoms with Crippen molar-refractivity contribution in [2.45, 2.75) is 26.4 Å². The predicted molar refractivity (Wildman–Crippen MR) is 78.3 cm³/mol. The van der Waals surface area contributed by atoms with Crippen LogP contribution in [-0.2, 0) is 26.6 Å². The van der Waals surface area contributed by atoms with Crippen LogP contribution in [0.2, 0.25) is 0 Å². The molecule has 0 fully saturated rings. The van der Waals surface area contributed by atoms with E-state index >= 15 is 0 Å². The van der Waals surface area contributed by atoms with Gasteiger partial charge < -0.3 is 9.72 Å². The Bertz CT molecular complexity index is 677. The minimum absolute atomic E-state index is 0.764. The van der Waals surface area contributed by atoms with Gasteiger partial charge in [0.05, 0.1) is 11.4 Å². The third-order valence-corrected chi connectivity index (χ3v) is 3.36. The molecule has 104 valence electrons. The molecule has 0 aliphatic carbocycles. The van der Waals surface area contributed by atoms with Crippen molar-refractivity contribution in [3.05, 3.63) is 53.7 Å². The molecule has 1 N–H and O–H groups in total. The molecule has 0 saturated heterocycles. The van der Waals surface area contributed by atoms with Crippen LogP contribution in [0.4, 0.5) is 0 Å². The lowest BCUT2D eigenvalue weighted by Crippen LogP contribution is -2.13. The van der Waals surface area contributed by atoms with Crippen molar-refractivity contribution in [1.82, 2.24) is 24.5 Å². The molecular weight excluding hydrogens is 250 g/mol. The maximum absolute atomic E-state index is 4.57. The average Bonchev–Trinajstić information content (AvgIpc) is 3.01. The number of hydrogen-bond donors (Lipinski definition) is 1. The van der Waals surface area contributed by atoms with Crippen molar-refractivity contribution in [3.8, 4) is 0 Å². The van der Waals surface area contributed by atoms with Crippen LogP contribution in [0.3, 0.4) is 0 Å². The highest BCUT2D eigenvalue weighted by atomic mass is 15.3. The summed E-state index contributed by atoms with van der Waals surface area (Å²) >= 11 is 0. The number of nitrogens with one attached hydrogen (secondary N) is 1. The smallest absolute Gasteiger partial charge is 0.137 e. The lowest BCUT2D eigenvalue weighted by molar-refractivity contribution is 0.678. The molecule has 0 aliphatic heterocycles. The molecule has 5 nitrogen and oxygen atoms in total. The van der Waals surface area contributed by atoms with Crippen molar-refractivity contribution in [3.63, 3.8) is 0 Å². The second-order valence-electron chi connectivity index (χ2n) is 4.93. The van der Waals surface area contributed by atoms with E-state index in [-0.39, 0.29) is 0 Å². The standard InChI is InChI=1S/C15H19N5/c1-3-14-12(10-19(2)18-14)8-16-9-13-11-20-7-5-4-6-15(20)17-13/h4-7,10-11,16H,3,8-9H2,1-2H3. The molecule has 0 aromatic carbocycles. The van der Waals surface area contributed by atoms with Gasteiger partial charge in [-0.15, -0.1) is 0 Å². The number of pyridine rings is 1. The predicted octanol–water partition coefficient (Wildman–Crippen LogP) is 1.92. The van der Waals surface area contributed by atoms with E-state index in [2.05, 4.69) is 34.7 Å². The molecule has 0 atom stereocenters. The zero-order valence-electron chi connectivity index (χ0n) is 11.9. The molecule has 0 radical (unpaired) electrons. The SMILES string of the molecule is CCc1nn(C)cc1CNCc1cn2ccccc2n1. The maximum Gasteiger partial charge on any atom is 0.137 e.